The van der Waals surface area contributed by atoms with Gasteiger partial charge in [-0.15, -0.1) is 0 Å². The summed E-state index contributed by atoms with van der Waals surface area (Å²) in [5.41, 5.74) is 2.75. The smallest absolute Gasteiger partial charge is 0.139 e. The molecule has 4 fully saturated rings. The number of aromatic amines is 1. The minimum absolute atomic E-state index is 0.377. The van der Waals surface area contributed by atoms with Gasteiger partial charge < -0.3 is 15.4 Å². The maximum absolute atomic E-state index is 10.8. The molecule has 4 saturated carbocycles. The highest BCUT2D eigenvalue weighted by atomic mass is 16.3. The van der Waals surface area contributed by atoms with Crippen LogP contribution in [0.2, 0.25) is 0 Å². The topological polar surface area (TPSA) is 60.9 Å². The summed E-state index contributed by atoms with van der Waals surface area (Å²) in [7, 11) is 0. The third-order valence-corrected chi connectivity index (χ3v) is 6.39. The van der Waals surface area contributed by atoms with Crippen LogP contribution in [0.15, 0.2) is 25.0 Å². The molecule has 0 spiro atoms. The van der Waals surface area contributed by atoms with Crippen LogP contribution in [0.1, 0.15) is 37.7 Å². The molecule has 4 heteroatoms. The summed E-state index contributed by atoms with van der Waals surface area (Å²) < 4.78 is 0. The minimum Gasteiger partial charge on any atom is -0.390 e. The van der Waals surface area contributed by atoms with Crippen LogP contribution in [0.3, 0.4) is 0 Å². The fraction of sp³-hybridized carbons (Fsp3) is 0.526. The quantitative estimate of drug-likeness (QED) is 0.812. The summed E-state index contributed by atoms with van der Waals surface area (Å²) in [5.74, 6) is 1.91. The Hall–Kier alpha value is -1.81. The van der Waals surface area contributed by atoms with E-state index < -0.39 is 0 Å². The standard InChI is InChI=1S/C19H23N3O/c1-2-12-10-21-18-15(3-4-20-18)17(12)22-16-13-5-11-6-14(16)9-19(23,7-11)8-13/h2-4,10-11,13-14,16,23H,1,5-9H2,(H2,20,21,22)/t11?,13?,14?,16-,19+. The largest absolute Gasteiger partial charge is 0.390 e. The second kappa shape index (κ2) is 4.60. The molecule has 2 unspecified atom stereocenters. The van der Waals surface area contributed by atoms with Crippen molar-refractivity contribution in [1.82, 2.24) is 9.97 Å². The lowest BCUT2D eigenvalue weighted by atomic mass is 9.52. The van der Waals surface area contributed by atoms with Gasteiger partial charge in [0.15, 0.2) is 0 Å². The van der Waals surface area contributed by atoms with E-state index in [2.05, 4.69) is 27.9 Å². The fourth-order valence-corrected chi connectivity index (χ4v) is 5.72. The van der Waals surface area contributed by atoms with Crippen LogP contribution in [0.4, 0.5) is 5.69 Å². The van der Waals surface area contributed by atoms with Crippen molar-refractivity contribution in [2.45, 2.75) is 43.7 Å². The predicted octanol–water partition coefficient (Wildman–Crippen LogP) is 3.56. The van der Waals surface area contributed by atoms with Crippen molar-refractivity contribution in [1.29, 1.82) is 0 Å². The SMILES string of the molecule is C=Cc1cnc2[nH]ccc2c1N[C@H]1C2CC3CC1C[C@@](O)(C3)C2. The first-order valence-electron chi connectivity index (χ1n) is 8.73. The van der Waals surface area contributed by atoms with Crippen LogP contribution in [0.25, 0.3) is 17.1 Å². The number of H-pyrrole nitrogens is 1. The molecule has 23 heavy (non-hydrogen) atoms. The molecule has 4 aliphatic carbocycles. The highest BCUT2D eigenvalue weighted by Crippen LogP contribution is 2.56. The van der Waals surface area contributed by atoms with Gasteiger partial charge in [0.05, 0.1) is 11.3 Å². The molecule has 4 nitrogen and oxygen atoms in total. The van der Waals surface area contributed by atoms with Gasteiger partial charge >= 0.3 is 0 Å². The third-order valence-electron chi connectivity index (χ3n) is 6.39. The highest BCUT2D eigenvalue weighted by Gasteiger charge is 2.54. The molecule has 2 aromatic heterocycles. The molecule has 4 bridgehead atoms. The lowest BCUT2D eigenvalue weighted by Gasteiger charge is -2.58. The van der Waals surface area contributed by atoms with Crippen LogP contribution >= 0.6 is 0 Å². The van der Waals surface area contributed by atoms with E-state index in [1.807, 2.05) is 18.5 Å². The first-order chi connectivity index (χ1) is 11.1. The summed E-state index contributed by atoms with van der Waals surface area (Å²) in [6.07, 6.45) is 11.2. The van der Waals surface area contributed by atoms with Gasteiger partial charge in [0.25, 0.3) is 0 Å². The van der Waals surface area contributed by atoms with Crippen molar-refractivity contribution in [3.8, 4) is 0 Å². The molecule has 0 aromatic carbocycles. The Morgan fingerprint density at radius 2 is 2.09 bits per heavy atom. The lowest BCUT2D eigenvalue weighted by molar-refractivity contribution is -0.129. The maximum atomic E-state index is 10.8. The molecule has 0 amide bonds. The first-order valence-corrected chi connectivity index (χ1v) is 8.73. The molecule has 120 valence electrons. The summed E-state index contributed by atoms with van der Waals surface area (Å²) in [6, 6.07) is 2.55. The molecule has 6 rings (SSSR count). The van der Waals surface area contributed by atoms with Crippen LogP contribution in [0, 0.1) is 17.8 Å². The van der Waals surface area contributed by atoms with Crippen molar-refractivity contribution >= 4 is 22.8 Å². The number of fused-ring (bicyclic) bond motifs is 1. The van der Waals surface area contributed by atoms with E-state index in [0.717, 1.165) is 47.5 Å². The van der Waals surface area contributed by atoms with Crippen molar-refractivity contribution in [2.24, 2.45) is 17.8 Å². The van der Waals surface area contributed by atoms with Crippen LogP contribution in [0.5, 0.6) is 0 Å². The molecule has 2 atom stereocenters. The molecule has 4 aliphatic rings. The zero-order chi connectivity index (χ0) is 15.6. The second-order valence-corrected chi connectivity index (χ2v) is 7.90. The number of aromatic nitrogens is 2. The summed E-state index contributed by atoms with van der Waals surface area (Å²) in [5, 5.41) is 15.7. The number of aliphatic hydroxyl groups is 1. The normalized spacial score (nSPS) is 38.1. The van der Waals surface area contributed by atoms with Crippen molar-refractivity contribution in [2.75, 3.05) is 5.32 Å². The molecular formula is C19H23N3O. The van der Waals surface area contributed by atoms with Crippen molar-refractivity contribution in [3.63, 3.8) is 0 Å². The van der Waals surface area contributed by atoms with Gasteiger partial charge in [0, 0.05) is 29.4 Å². The summed E-state index contributed by atoms with van der Waals surface area (Å²) in [4.78, 5) is 7.65. The van der Waals surface area contributed by atoms with Crippen LogP contribution in [-0.2, 0) is 0 Å². The number of anilines is 1. The monoisotopic (exact) mass is 309 g/mol. The Balaban J connectivity index is 1.53. The van der Waals surface area contributed by atoms with E-state index in [1.54, 1.807) is 0 Å². The number of rotatable bonds is 3. The molecule has 0 aliphatic heterocycles. The van der Waals surface area contributed by atoms with Gasteiger partial charge in [0.1, 0.15) is 5.65 Å². The van der Waals surface area contributed by atoms with Gasteiger partial charge in [-0.3, -0.25) is 0 Å². The predicted molar refractivity (Wildman–Crippen MR) is 92.1 cm³/mol. The minimum atomic E-state index is -0.377. The van der Waals surface area contributed by atoms with Crippen molar-refractivity contribution in [3.05, 3.63) is 30.6 Å². The molecule has 3 N–H and O–H groups in total. The van der Waals surface area contributed by atoms with E-state index in [4.69, 9.17) is 0 Å². The molecule has 2 aromatic rings. The lowest BCUT2D eigenvalue weighted by Crippen LogP contribution is -2.59. The van der Waals surface area contributed by atoms with Crippen molar-refractivity contribution < 1.29 is 5.11 Å². The van der Waals surface area contributed by atoms with E-state index in [9.17, 15) is 5.11 Å². The third kappa shape index (κ3) is 1.97. The van der Waals surface area contributed by atoms with Gasteiger partial charge in [-0.1, -0.05) is 12.7 Å². The molecular weight excluding hydrogens is 286 g/mol. The van der Waals surface area contributed by atoms with Crippen LogP contribution < -0.4 is 5.32 Å². The van der Waals surface area contributed by atoms with E-state index >= 15 is 0 Å². The van der Waals surface area contributed by atoms with Gasteiger partial charge in [-0.25, -0.2) is 4.98 Å². The fourth-order valence-electron chi connectivity index (χ4n) is 5.72. The van der Waals surface area contributed by atoms with Crippen LogP contribution in [-0.4, -0.2) is 26.7 Å². The molecule has 0 saturated heterocycles. The number of hydrogen-bond acceptors (Lipinski definition) is 3. The number of nitrogens with one attached hydrogen (secondary N) is 2. The van der Waals surface area contributed by atoms with E-state index in [1.165, 1.54) is 12.8 Å². The number of pyridine rings is 1. The van der Waals surface area contributed by atoms with E-state index in [-0.39, 0.29) is 5.60 Å². The Labute approximate surface area is 136 Å². The summed E-state index contributed by atoms with van der Waals surface area (Å²) in [6.45, 7) is 3.95. The highest BCUT2D eigenvalue weighted by molar-refractivity contribution is 5.94. The molecule has 2 heterocycles. The average Bonchev–Trinajstić information content (AvgIpc) is 2.98. The average molecular weight is 309 g/mol. The number of hydrogen-bond donors (Lipinski definition) is 3. The summed E-state index contributed by atoms with van der Waals surface area (Å²) >= 11 is 0. The first kappa shape index (κ1) is 13.6. The van der Waals surface area contributed by atoms with Gasteiger partial charge in [0.2, 0.25) is 0 Å². The zero-order valence-electron chi connectivity index (χ0n) is 13.3. The Morgan fingerprint density at radius 3 is 2.78 bits per heavy atom. The maximum Gasteiger partial charge on any atom is 0.139 e. The zero-order valence-corrected chi connectivity index (χ0v) is 13.3. The molecule has 0 radical (unpaired) electrons. The Kier molecular flexibility index (Phi) is 2.72. The number of nitrogens with zero attached hydrogens (tertiary/aromatic N) is 1. The van der Waals surface area contributed by atoms with Gasteiger partial charge in [-0.2, -0.15) is 0 Å². The Morgan fingerprint density at radius 1 is 1.30 bits per heavy atom. The Bertz CT molecular complexity index is 764. The second-order valence-electron chi connectivity index (χ2n) is 7.90. The van der Waals surface area contributed by atoms with Gasteiger partial charge in [-0.05, 0) is 55.9 Å². The van der Waals surface area contributed by atoms with E-state index in [0.29, 0.717) is 17.9 Å².